The second kappa shape index (κ2) is 9.58. The Labute approximate surface area is 150 Å². The van der Waals surface area contributed by atoms with Gasteiger partial charge in [-0.25, -0.2) is 0 Å². The number of aliphatic carboxylic acids is 1. The van der Waals surface area contributed by atoms with Crippen LogP contribution in [0.1, 0.15) is 21.7 Å². The van der Waals surface area contributed by atoms with Crippen LogP contribution in [0.5, 0.6) is 0 Å². The fourth-order valence-corrected chi connectivity index (χ4v) is 2.94. The van der Waals surface area contributed by atoms with E-state index in [1.54, 1.807) is 17.5 Å². The molecule has 0 aliphatic rings. The Bertz CT molecular complexity index is 701. The number of hydrogen-bond donors (Lipinski definition) is 2. The summed E-state index contributed by atoms with van der Waals surface area (Å²) in [4.78, 5) is 37.0. The third kappa shape index (κ3) is 6.39. The minimum Gasteiger partial charge on any atom is -0.480 e. The predicted molar refractivity (Wildman–Crippen MR) is 95.6 cm³/mol. The minimum atomic E-state index is -1.05. The van der Waals surface area contributed by atoms with Crippen molar-refractivity contribution < 1.29 is 19.5 Å². The van der Waals surface area contributed by atoms with Crippen molar-refractivity contribution in [2.24, 2.45) is 0 Å². The van der Waals surface area contributed by atoms with Crippen LogP contribution in [0.3, 0.4) is 0 Å². The molecule has 6 nitrogen and oxygen atoms in total. The number of nitrogens with zero attached hydrogens (tertiary/aromatic N) is 1. The van der Waals surface area contributed by atoms with Gasteiger partial charge in [0.15, 0.2) is 0 Å². The van der Waals surface area contributed by atoms with Gasteiger partial charge in [-0.2, -0.15) is 0 Å². The maximum absolute atomic E-state index is 12.3. The van der Waals surface area contributed by atoms with Crippen LogP contribution >= 0.6 is 11.3 Å². The van der Waals surface area contributed by atoms with Crippen molar-refractivity contribution in [3.8, 4) is 0 Å². The average molecular weight is 360 g/mol. The SMILES string of the molecule is O=C(O)CN(CCc1ccccc1)C(=O)CCNC(=O)c1cccs1. The summed E-state index contributed by atoms with van der Waals surface area (Å²) in [6.07, 6.45) is 0.653. The largest absolute Gasteiger partial charge is 0.480 e. The standard InChI is InChI=1S/C18H20N2O4S/c21-16(8-10-19-18(24)15-7-4-12-25-15)20(13-17(22)23)11-9-14-5-2-1-3-6-14/h1-7,12H,8-11,13H2,(H,19,24)(H,22,23). The number of carboxylic acids is 1. The molecule has 0 radical (unpaired) electrons. The Kier molecular flexibility index (Phi) is 7.16. The Morgan fingerprint density at radius 1 is 1.08 bits per heavy atom. The van der Waals surface area contributed by atoms with Crippen LogP contribution in [0.2, 0.25) is 0 Å². The van der Waals surface area contributed by atoms with Gasteiger partial charge in [0.2, 0.25) is 5.91 Å². The zero-order chi connectivity index (χ0) is 18.1. The lowest BCUT2D eigenvalue weighted by Gasteiger charge is -2.21. The lowest BCUT2D eigenvalue weighted by atomic mass is 10.1. The molecule has 0 bridgehead atoms. The van der Waals surface area contributed by atoms with Crippen LogP contribution in [0.4, 0.5) is 0 Å². The molecule has 2 amide bonds. The highest BCUT2D eigenvalue weighted by Gasteiger charge is 2.17. The number of carboxylic acid groups (broad SMARTS) is 1. The number of hydrogen-bond acceptors (Lipinski definition) is 4. The number of carbonyl (C=O) groups excluding carboxylic acids is 2. The van der Waals surface area contributed by atoms with E-state index in [9.17, 15) is 14.4 Å². The highest BCUT2D eigenvalue weighted by Crippen LogP contribution is 2.08. The molecule has 0 saturated heterocycles. The van der Waals surface area contributed by atoms with Crippen molar-refractivity contribution in [2.75, 3.05) is 19.6 Å². The summed E-state index contributed by atoms with van der Waals surface area (Å²) in [7, 11) is 0. The van der Waals surface area contributed by atoms with Crippen molar-refractivity contribution in [3.05, 3.63) is 58.3 Å². The molecule has 0 aliphatic heterocycles. The van der Waals surface area contributed by atoms with E-state index in [-0.39, 0.29) is 31.3 Å². The van der Waals surface area contributed by atoms with Crippen molar-refractivity contribution in [2.45, 2.75) is 12.8 Å². The molecule has 132 valence electrons. The topological polar surface area (TPSA) is 86.7 Å². The highest BCUT2D eigenvalue weighted by atomic mass is 32.1. The van der Waals surface area contributed by atoms with Crippen LogP contribution < -0.4 is 5.32 Å². The highest BCUT2D eigenvalue weighted by molar-refractivity contribution is 7.12. The van der Waals surface area contributed by atoms with E-state index < -0.39 is 5.97 Å². The second-order valence-electron chi connectivity index (χ2n) is 5.43. The summed E-state index contributed by atoms with van der Waals surface area (Å²) in [5.41, 5.74) is 1.04. The number of rotatable bonds is 9. The van der Waals surface area contributed by atoms with Gasteiger partial charge in [0, 0.05) is 19.5 Å². The van der Waals surface area contributed by atoms with Gasteiger partial charge in [0.25, 0.3) is 5.91 Å². The quantitative estimate of drug-likeness (QED) is 0.716. The molecule has 0 spiro atoms. The molecule has 1 aromatic heterocycles. The number of amides is 2. The molecule has 0 atom stereocenters. The zero-order valence-corrected chi connectivity index (χ0v) is 14.5. The summed E-state index contributed by atoms with van der Waals surface area (Å²) in [5, 5.41) is 13.5. The molecule has 1 heterocycles. The molecule has 0 aliphatic carbocycles. The van der Waals surface area contributed by atoms with Crippen molar-refractivity contribution in [1.82, 2.24) is 10.2 Å². The summed E-state index contributed by atoms with van der Waals surface area (Å²) in [5.74, 6) is -1.56. The fourth-order valence-electron chi connectivity index (χ4n) is 2.30. The van der Waals surface area contributed by atoms with E-state index >= 15 is 0 Å². The van der Waals surface area contributed by atoms with E-state index in [4.69, 9.17) is 5.11 Å². The van der Waals surface area contributed by atoms with Crippen LogP contribution in [-0.4, -0.2) is 47.4 Å². The predicted octanol–water partition coefficient (Wildman–Crippen LogP) is 2.02. The average Bonchev–Trinajstić information content (AvgIpc) is 3.13. The molecule has 2 N–H and O–H groups in total. The van der Waals surface area contributed by atoms with Gasteiger partial charge >= 0.3 is 5.97 Å². The van der Waals surface area contributed by atoms with E-state index in [2.05, 4.69) is 5.32 Å². The number of carbonyl (C=O) groups is 3. The smallest absolute Gasteiger partial charge is 0.323 e. The van der Waals surface area contributed by atoms with Crippen LogP contribution in [-0.2, 0) is 16.0 Å². The van der Waals surface area contributed by atoms with Crippen molar-refractivity contribution >= 4 is 29.1 Å². The van der Waals surface area contributed by atoms with Crippen LogP contribution in [0, 0.1) is 0 Å². The van der Waals surface area contributed by atoms with E-state index in [1.165, 1.54) is 16.2 Å². The molecule has 2 rings (SSSR count). The van der Waals surface area contributed by atoms with E-state index in [1.807, 2.05) is 30.3 Å². The maximum Gasteiger partial charge on any atom is 0.323 e. The monoisotopic (exact) mass is 360 g/mol. The second-order valence-corrected chi connectivity index (χ2v) is 6.38. The van der Waals surface area contributed by atoms with Gasteiger partial charge in [0.05, 0.1) is 4.88 Å². The Morgan fingerprint density at radius 3 is 2.48 bits per heavy atom. The first-order valence-corrected chi connectivity index (χ1v) is 8.79. The molecule has 0 unspecified atom stereocenters. The first-order valence-electron chi connectivity index (χ1n) is 7.91. The molecule has 25 heavy (non-hydrogen) atoms. The molecule has 7 heteroatoms. The molecule has 2 aromatic rings. The summed E-state index contributed by atoms with van der Waals surface area (Å²) in [6.45, 7) is 0.162. The zero-order valence-electron chi connectivity index (χ0n) is 13.7. The van der Waals surface area contributed by atoms with Crippen LogP contribution in [0.25, 0.3) is 0 Å². The van der Waals surface area contributed by atoms with Crippen molar-refractivity contribution in [1.29, 1.82) is 0 Å². The van der Waals surface area contributed by atoms with Gasteiger partial charge in [-0.1, -0.05) is 36.4 Å². The number of thiophene rings is 1. The van der Waals surface area contributed by atoms with E-state index in [0.29, 0.717) is 17.8 Å². The van der Waals surface area contributed by atoms with Gasteiger partial charge in [0.1, 0.15) is 6.54 Å². The molecule has 0 fully saturated rings. The third-order valence-electron chi connectivity index (χ3n) is 3.56. The third-order valence-corrected chi connectivity index (χ3v) is 4.43. The lowest BCUT2D eigenvalue weighted by Crippen LogP contribution is -2.39. The summed E-state index contributed by atoms with van der Waals surface area (Å²) >= 11 is 1.33. The van der Waals surface area contributed by atoms with Crippen LogP contribution in [0.15, 0.2) is 47.8 Å². The maximum atomic E-state index is 12.3. The summed E-state index contributed by atoms with van der Waals surface area (Å²) < 4.78 is 0. The lowest BCUT2D eigenvalue weighted by molar-refractivity contribution is -0.144. The number of benzene rings is 1. The molecular weight excluding hydrogens is 340 g/mol. The Hall–Kier alpha value is -2.67. The molecule has 1 aromatic carbocycles. The molecule has 0 saturated carbocycles. The Balaban J connectivity index is 1.82. The van der Waals surface area contributed by atoms with Gasteiger partial charge in [-0.05, 0) is 23.4 Å². The van der Waals surface area contributed by atoms with E-state index in [0.717, 1.165) is 5.56 Å². The van der Waals surface area contributed by atoms with Gasteiger partial charge in [-0.15, -0.1) is 11.3 Å². The van der Waals surface area contributed by atoms with Gasteiger partial charge < -0.3 is 15.3 Å². The Morgan fingerprint density at radius 2 is 1.84 bits per heavy atom. The first kappa shape index (κ1) is 18.7. The molecular formula is C18H20N2O4S. The van der Waals surface area contributed by atoms with Crippen molar-refractivity contribution in [3.63, 3.8) is 0 Å². The number of nitrogens with one attached hydrogen (secondary N) is 1. The minimum absolute atomic E-state index is 0.0686. The fraction of sp³-hybridized carbons (Fsp3) is 0.278. The summed E-state index contributed by atoms with van der Waals surface area (Å²) in [6, 6.07) is 13.1. The van der Waals surface area contributed by atoms with Gasteiger partial charge in [-0.3, -0.25) is 14.4 Å². The first-order chi connectivity index (χ1) is 12.1. The normalized spacial score (nSPS) is 10.2.